The van der Waals surface area contributed by atoms with Crippen LogP contribution in [0.3, 0.4) is 0 Å². The summed E-state index contributed by atoms with van der Waals surface area (Å²) in [5.74, 6) is 0.282. The molecule has 0 aromatic heterocycles. The second kappa shape index (κ2) is 6.79. The number of nitrogens with one attached hydrogen (secondary N) is 1. The van der Waals surface area contributed by atoms with E-state index < -0.39 is 10.7 Å². The summed E-state index contributed by atoms with van der Waals surface area (Å²) >= 11 is 0. The minimum absolute atomic E-state index is 0.0245. The van der Waals surface area contributed by atoms with Gasteiger partial charge >= 0.3 is 0 Å². The molecular weight excluding hydrogens is 259 g/mol. The molecule has 0 aliphatic heterocycles. The fourth-order valence-corrected chi connectivity index (χ4v) is 2.58. The van der Waals surface area contributed by atoms with Crippen LogP contribution in [0.2, 0.25) is 0 Å². The molecule has 1 fully saturated rings. The third-order valence-corrected chi connectivity index (χ3v) is 3.81. The molecule has 1 unspecified atom stereocenters. The van der Waals surface area contributed by atoms with Crippen molar-refractivity contribution in [1.29, 1.82) is 0 Å². The molecule has 1 saturated carbocycles. The van der Waals surface area contributed by atoms with Crippen LogP contribution in [0.25, 0.3) is 0 Å². The van der Waals surface area contributed by atoms with Crippen molar-refractivity contribution in [3.63, 3.8) is 0 Å². The van der Waals surface area contributed by atoms with Crippen LogP contribution in [0.1, 0.15) is 38.2 Å². The standard InChI is InChI=1S/C15H21FN2O2/c1-2-9-17-14(11-3-4-11)7-5-12-10-13(16)6-8-15(12)18(19)20/h6,8,10-11,14,17H,2-5,7,9H2,1H3. The van der Waals surface area contributed by atoms with Gasteiger partial charge in [0.1, 0.15) is 5.82 Å². The van der Waals surface area contributed by atoms with E-state index in [1.807, 2.05) is 0 Å². The van der Waals surface area contributed by atoms with Crippen LogP contribution in [0.5, 0.6) is 0 Å². The zero-order valence-electron chi connectivity index (χ0n) is 11.8. The summed E-state index contributed by atoms with van der Waals surface area (Å²) in [5, 5.41) is 14.5. The normalized spacial score (nSPS) is 16.1. The van der Waals surface area contributed by atoms with Gasteiger partial charge in [-0.2, -0.15) is 0 Å². The van der Waals surface area contributed by atoms with E-state index in [0.29, 0.717) is 23.9 Å². The molecule has 2 rings (SSSR count). The Morgan fingerprint density at radius 1 is 1.50 bits per heavy atom. The molecule has 1 N–H and O–H groups in total. The van der Waals surface area contributed by atoms with Crippen molar-refractivity contribution in [2.45, 2.75) is 45.1 Å². The maximum absolute atomic E-state index is 13.3. The first-order chi connectivity index (χ1) is 9.61. The van der Waals surface area contributed by atoms with Gasteiger partial charge in [-0.05, 0) is 56.7 Å². The van der Waals surface area contributed by atoms with Crippen molar-refractivity contribution < 1.29 is 9.31 Å². The van der Waals surface area contributed by atoms with Crippen LogP contribution < -0.4 is 5.32 Å². The monoisotopic (exact) mass is 280 g/mol. The topological polar surface area (TPSA) is 55.2 Å². The minimum atomic E-state index is -0.430. The molecule has 0 saturated heterocycles. The molecule has 0 heterocycles. The molecule has 1 aromatic rings. The Labute approximate surface area is 118 Å². The number of aryl methyl sites for hydroxylation is 1. The molecule has 1 atom stereocenters. The van der Waals surface area contributed by atoms with Crippen molar-refractivity contribution >= 4 is 5.69 Å². The van der Waals surface area contributed by atoms with Crippen molar-refractivity contribution in [3.05, 3.63) is 39.7 Å². The summed E-state index contributed by atoms with van der Waals surface area (Å²) in [6.07, 6.45) is 4.91. The van der Waals surface area contributed by atoms with Crippen LogP contribution in [-0.4, -0.2) is 17.5 Å². The lowest BCUT2D eigenvalue weighted by Gasteiger charge is -2.17. The zero-order chi connectivity index (χ0) is 14.5. The Bertz CT molecular complexity index is 475. The van der Waals surface area contributed by atoms with Gasteiger partial charge < -0.3 is 5.32 Å². The molecule has 0 bridgehead atoms. The number of nitro benzene ring substituents is 1. The van der Waals surface area contributed by atoms with Gasteiger partial charge in [-0.3, -0.25) is 10.1 Å². The average Bonchev–Trinajstić information content (AvgIpc) is 3.23. The zero-order valence-corrected chi connectivity index (χ0v) is 11.8. The second-order valence-electron chi connectivity index (χ2n) is 5.47. The van der Waals surface area contributed by atoms with E-state index in [1.165, 1.54) is 25.0 Å². The van der Waals surface area contributed by atoms with Gasteiger partial charge in [-0.25, -0.2) is 4.39 Å². The van der Waals surface area contributed by atoms with E-state index >= 15 is 0 Å². The van der Waals surface area contributed by atoms with E-state index in [4.69, 9.17) is 0 Å². The Morgan fingerprint density at radius 3 is 2.85 bits per heavy atom. The highest BCUT2D eigenvalue weighted by Crippen LogP contribution is 2.35. The van der Waals surface area contributed by atoms with Crippen molar-refractivity contribution in [2.75, 3.05) is 6.54 Å². The Kier molecular flexibility index (Phi) is 5.06. The van der Waals surface area contributed by atoms with Crippen LogP contribution in [-0.2, 0) is 6.42 Å². The fraction of sp³-hybridized carbons (Fsp3) is 0.600. The number of halogens is 1. The van der Waals surface area contributed by atoms with Gasteiger partial charge in [0.2, 0.25) is 0 Å². The Hall–Kier alpha value is -1.49. The third-order valence-electron chi connectivity index (χ3n) is 3.81. The maximum Gasteiger partial charge on any atom is 0.272 e. The summed E-state index contributed by atoms with van der Waals surface area (Å²) in [5.41, 5.74) is 0.524. The van der Waals surface area contributed by atoms with E-state index in [2.05, 4.69) is 12.2 Å². The van der Waals surface area contributed by atoms with Gasteiger partial charge in [0.05, 0.1) is 4.92 Å². The van der Waals surface area contributed by atoms with Crippen LogP contribution in [0.4, 0.5) is 10.1 Å². The number of nitrogens with zero attached hydrogens (tertiary/aromatic N) is 1. The van der Waals surface area contributed by atoms with E-state index in [0.717, 1.165) is 25.5 Å². The molecule has 20 heavy (non-hydrogen) atoms. The Morgan fingerprint density at radius 2 is 2.25 bits per heavy atom. The van der Waals surface area contributed by atoms with E-state index in [1.54, 1.807) is 0 Å². The molecule has 5 heteroatoms. The summed E-state index contributed by atoms with van der Waals surface area (Å²) in [7, 11) is 0. The van der Waals surface area contributed by atoms with Gasteiger partial charge in [0, 0.05) is 17.7 Å². The van der Waals surface area contributed by atoms with Crippen molar-refractivity contribution in [1.82, 2.24) is 5.32 Å². The van der Waals surface area contributed by atoms with Crippen molar-refractivity contribution in [3.8, 4) is 0 Å². The highest BCUT2D eigenvalue weighted by atomic mass is 19.1. The number of hydrogen-bond acceptors (Lipinski definition) is 3. The molecule has 1 aliphatic carbocycles. The van der Waals surface area contributed by atoms with E-state index in [-0.39, 0.29) is 5.69 Å². The summed E-state index contributed by atoms with van der Waals surface area (Å²) in [4.78, 5) is 10.5. The van der Waals surface area contributed by atoms with E-state index in [9.17, 15) is 14.5 Å². The quantitative estimate of drug-likeness (QED) is 0.586. The number of rotatable bonds is 8. The first-order valence-electron chi connectivity index (χ1n) is 7.28. The molecule has 0 radical (unpaired) electrons. The highest BCUT2D eigenvalue weighted by molar-refractivity contribution is 5.40. The summed E-state index contributed by atoms with van der Waals surface area (Å²) in [6, 6.07) is 4.10. The molecule has 1 aromatic carbocycles. The molecule has 0 amide bonds. The molecule has 4 nitrogen and oxygen atoms in total. The number of hydrogen-bond donors (Lipinski definition) is 1. The van der Waals surface area contributed by atoms with Gasteiger partial charge in [-0.15, -0.1) is 0 Å². The minimum Gasteiger partial charge on any atom is -0.314 e. The second-order valence-corrected chi connectivity index (χ2v) is 5.47. The molecular formula is C15H21FN2O2. The van der Waals surface area contributed by atoms with Crippen molar-refractivity contribution in [2.24, 2.45) is 5.92 Å². The lowest BCUT2D eigenvalue weighted by atomic mass is 10.0. The third kappa shape index (κ3) is 4.00. The lowest BCUT2D eigenvalue weighted by molar-refractivity contribution is -0.385. The first kappa shape index (κ1) is 14.9. The van der Waals surface area contributed by atoms with Gasteiger partial charge in [0.15, 0.2) is 0 Å². The Balaban J connectivity index is 2.01. The maximum atomic E-state index is 13.3. The lowest BCUT2D eigenvalue weighted by Crippen LogP contribution is -2.32. The predicted molar refractivity (Wildman–Crippen MR) is 76.2 cm³/mol. The highest BCUT2D eigenvalue weighted by Gasteiger charge is 2.30. The summed E-state index contributed by atoms with van der Waals surface area (Å²) in [6.45, 7) is 3.08. The van der Waals surface area contributed by atoms with Crippen LogP contribution in [0.15, 0.2) is 18.2 Å². The summed E-state index contributed by atoms with van der Waals surface area (Å²) < 4.78 is 13.3. The largest absolute Gasteiger partial charge is 0.314 e. The first-order valence-corrected chi connectivity index (χ1v) is 7.28. The molecule has 1 aliphatic rings. The van der Waals surface area contributed by atoms with Gasteiger partial charge in [-0.1, -0.05) is 6.92 Å². The van der Waals surface area contributed by atoms with Crippen LogP contribution in [0, 0.1) is 21.8 Å². The molecule has 110 valence electrons. The smallest absolute Gasteiger partial charge is 0.272 e. The fourth-order valence-electron chi connectivity index (χ4n) is 2.58. The van der Waals surface area contributed by atoms with Gasteiger partial charge in [0.25, 0.3) is 5.69 Å². The number of nitro groups is 1. The molecule has 0 spiro atoms. The SMILES string of the molecule is CCCNC(CCc1cc(F)ccc1[N+](=O)[O-])C1CC1. The average molecular weight is 280 g/mol. The number of benzene rings is 1. The predicted octanol–water partition coefficient (Wildman–Crippen LogP) is 3.44. The van der Waals surface area contributed by atoms with Crippen LogP contribution >= 0.6 is 0 Å².